The second-order valence-electron chi connectivity index (χ2n) is 3.42. The van der Waals surface area contributed by atoms with E-state index in [0.717, 1.165) is 9.35 Å². The minimum Gasteiger partial charge on any atom is -0.345 e. The van der Waals surface area contributed by atoms with E-state index in [1.54, 1.807) is 37.3 Å². The first-order valence-electron chi connectivity index (χ1n) is 4.44. The number of fused-ring (bicyclic) bond motifs is 1. The van der Waals surface area contributed by atoms with E-state index in [1.165, 1.54) is 0 Å². The predicted molar refractivity (Wildman–Crippen MR) is 65.9 cm³/mol. The Labute approximate surface area is 101 Å². The molecule has 0 unspecified atom stereocenters. The molecular weight excluding hydrogens is 305 g/mol. The maximum Gasteiger partial charge on any atom is 0.253 e. The summed E-state index contributed by atoms with van der Waals surface area (Å²) >= 11 is 2.20. The Bertz CT molecular complexity index is 518. The highest BCUT2D eigenvalue weighted by Crippen LogP contribution is 2.12. The fourth-order valence-electron chi connectivity index (χ4n) is 1.34. The largest absolute Gasteiger partial charge is 0.345 e. The number of nitrogens with zero attached hydrogens (tertiary/aromatic N) is 3. The molecule has 0 aliphatic rings. The molecule has 1 amide bonds. The molecule has 0 spiro atoms. The average Bonchev–Trinajstić information content (AvgIpc) is 2.59. The normalized spacial score (nSPS) is 10.6. The Hall–Kier alpha value is -1.11. The lowest BCUT2D eigenvalue weighted by atomic mass is 10.2. The van der Waals surface area contributed by atoms with Gasteiger partial charge in [-0.15, -0.1) is 0 Å². The van der Waals surface area contributed by atoms with Crippen molar-refractivity contribution in [1.29, 1.82) is 0 Å². The van der Waals surface area contributed by atoms with Gasteiger partial charge in [0.05, 0.1) is 6.20 Å². The topological polar surface area (TPSA) is 37.6 Å². The molecule has 0 saturated carbocycles. The summed E-state index contributed by atoms with van der Waals surface area (Å²) in [5, 5.41) is 0. The number of pyridine rings is 1. The third-order valence-corrected chi connectivity index (χ3v) is 2.92. The summed E-state index contributed by atoms with van der Waals surface area (Å²) in [7, 11) is 3.48. The zero-order valence-corrected chi connectivity index (χ0v) is 10.6. The van der Waals surface area contributed by atoms with Crippen molar-refractivity contribution in [3.63, 3.8) is 0 Å². The van der Waals surface area contributed by atoms with Crippen LogP contribution in [0.5, 0.6) is 0 Å². The molecule has 5 heteroatoms. The number of carbonyl (C=O) groups is 1. The highest BCUT2D eigenvalue weighted by Gasteiger charge is 2.09. The number of aromatic nitrogens is 2. The first kappa shape index (κ1) is 10.4. The van der Waals surface area contributed by atoms with Gasteiger partial charge in [0, 0.05) is 25.9 Å². The number of amides is 1. The van der Waals surface area contributed by atoms with Gasteiger partial charge >= 0.3 is 0 Å². The number of halogens is 1. The van der Waals surface area contributed by atoms with Crippen molar-refractivity contribution >= 4 is 34.1 Å². The number of hydrogen-bond acceptors (Lipinski definition) is 2. The van der Waals surface area contributed by atoms with E-state index in [4.69, 9.17) is 0 Å². The van der Waals surface area contributed by atoms with Crippen LogP contribution in [0.2, 0.25) is 0 Å². The minimum atomic E-state index is -0.00416. The quantitative estimate of drug-likeness (QED) is 0.751. The number of carbonyl (C=O) groups excluding carboxylic acids is 1. The van der Waals surface area contributed by atoms with E-state index in [9.17, 15) is 4.79 Å². The van der Waals surface area contributed by atoms with E-state index >= 15 is 0 Å². The van der Waals surface area contributed by atoms with Crippen molar-refractivity contribution in [3.8, 4) is 0 Å². The third kappa shape index (κ3) is 1.83. The Kier molecular flexibility index (Phi) is 2.64. The summed E-state index contributed by atoms with van der Waals surface area (Å²) in [6.45, 7) is 0. The molecular formula is C10H10IN3O. The van der Waals surface area contributed by atoms with E-state index in [-0.39, 0.29) is 5.91 Å². The van der Waals surface area contributed by atoms with Gasteiger partial charge < -0.3 is 4.90 Å². The highest BCUT2D eigenvalue weighted by molar-refractivity contribution is 14.1. The molecule has 0 saturated heterocycles. The van der Waals surface area contributed by atoms with Crippen LogP contribution in [0.15, 0.2) is 24.5 Å². The zero-order valence-electron chi connectivity index (χ0n) is 8.44. The molecule has 0 aromatic carbocycles. The van der Waals surface area contributed by atoms with Gasteiger partial charge in [-0.3, -0.25) is 9.20 Å². The molecule has 0 radical (unpaired) electrons. The summed E-state index contributed by atoms with van der Waals surface area (Å²) in [4.78, 5) is 17.4. The second kappa shape index (κ2) is 3.80. The first-order chi connectivity index (χ1) is 7.09. The van der Waals surface area contributed by atoms with Crippen LogP contribution < -0.4 is 0 Å². The van der Waals surface area contributed by atoms with Crippen molar-refractivity contribution in [2.75, 3.05) is 14.1 Å². The van der Waals surface area contributed by atoms with E-state index in [2.05, 4.69) is 27.6 Å². The Morgan fingerprint density at radius 3 is 2.93 bits per heavy atom. The molecule has 0 fully saturated rings. The van der Waals surface area contributed by atoms with Crippen LogP contribution in [0.25, 0.3) is 5.65 Å². The smallest absolute Gasteiger partial charge is 0.253 e. The maximum absolute atomic E-state index is 11.7. The molecule has 78 valence electrons. The van der Waals surface area contributed by atoms with Gasteiger partial charge in [0.15, 0.2) is 0 Å². The molecule has 0 aliphatic carbocycles. The van der Waals surface area contributed by atoms with Crippen LogP contribution in [-0.2, 0) is 0 Å². The fourth-order valence-corrected chi connectivity index (χ4v) is 1.89. The maximum atomic E-state index is 11.7. The van der Waals surface area contributed by atoms with Gasteiger partial charge in [0.25, 0.3) is 5.91 Å². The SMILES string of the molecule is CN(C)C(=O)c1ccn2c(I)cnc2c1. The monoisotopic (exact) mass is 315 g/mol. The fraction of sp³-hybridized carbons (Fsp3) is 0.200. The molecule has 2 heterocycles. The van der Waals surface area contributed by atoms with Crippen molar-refractivity contribution < 1.29 is 4.79 Å². The van der Waals surface area contributed by atoms with Crippen LogP contribution >= 0.6 is 22.6 Å². The van der Waals surface area contributed by atoms with E-state index < -0.39 is 0 Å². The Morgan fingerprint density at radius 1 is 1.53 bits per heavy atom. The average molecular weight is 315 g/mol. The molecule has 0 aliphatic heterocycles. The van der Waals surface area contributed by atoms with Gasteiger partial charge in [-0.25, -0.2) is 4.98 Å². The van der Waals surface area contributed by atoms with Gasteiger partial charge in [0.1, 0.15) is 9.35 Å². The molecule has 2 aromatic heterocycles. The van der Waals surface area contributed by atoms with Crippen LogP contribution in [0.1, 0.15) is 10.4 Å². The molecule has 4 nitrogen and oxygen atoms in total. The summed E-state index contributed by atoms with van der Waals surface area (Å²) in [6, 6.07) is 3.60. The Balaban J connectivity index is 2.52. The molecule has 0 atom stereocenters. The van der Waals surface area contributed by atoms with Crippen molar-refractivity contribution in [2.24, 2.45) is 0 Å². The lowest BCUT2D eigenvalue weighted by Gasteiger charge is -2.09. The van der Waals surface area contributed by atoms with Crippen LogP contribution in [0.4, 0.5) is 0 Å². The summed E-state index contributed by atoms with van der Waals surface area (Å²) in [5.41, 5.74) is 1.46. The number of imidazole rings is 1. The summed E-state index contributed by atoms with van der Waals surface area (Å²) < 4.78 is 2.97. The van der Waals surface area contributed by atoms with Gasteiger partial charge in [-0.05, 0) is 34.7 Å². The summed E-state index contributed by atoms with van der Waals surface area (Å²) in [6.07, 6.45) is 3.64. The molecule has 0 bridgehead atoms. The highest BCUT2D eigenvalue weighted by atomic mass is 127. The molecule has 2 aromatic rings. The van der Waals surface area contributed by atoms with Crippen molar-refractivity contribution in [2.45, 2.75) is 0 Å². The minimum absolute atomic E-state index is 0.00416. The number of hydrogen-bond donors (Lipinski definition) is 0. The van der Waals surface area contributed by atoms with Crippen molar-refractivity contribution in [3.05, 3.63) is 33.8 Å². The lowest BCUT2D eigenvalue weighted by molar-refractivity contribution is 0.0827. The van der Waals surface area contributed by atoms with Crippen LogP contribution in [0, 0.1) is 3.70 Å². The number of rotatable bonds is 1. The van der Waals surface area contributed by atoms with Crippen LogP contribution in [-0.4, -0.2) is 34.3 Å². The van der Waals surface area contributed by atoms with Gasteiger partial charge in [-0.1, -0.05) is 0 Å². The predicted octanol–water partition coefficient (Wildman–Crippen LogP) is 1.64. The van der Waals surface area contributed by atoms with Gasteiger partial charge in [0.2, 0.25) is 0 Å². The zero-order chi connectivity index (χ0) is 11.0. The molecule has 2 rings (SSSR count). The second-order valence-corrected chi connectivity index (χ2v) is 4.53. The van der Waals surface area contributed by atoms with E-state index in [1.807, 2.05) is 10.6 Å². The Morgan fingerprint density at radius 2 is 2.27 bits per heavy atom. The van der Waals surface area contributed by atoms with Crippen molar-refractivity contribution in [1.82, 2.24) is 14.3 Å². The molecule has 15 heavy (non-hydrogen) atoms. The first-order valence-corrected chi connectivity index (χ1v) is 5.52. The van der Waals surface area contributed by atoms with E-state index in [0.29, 0.717) is 5.56 Å². The lowest BCUT2D eigenvalue weighted by Crippen LogP contribution is -2.21. The summed E-state index contributed by atoms with van der Waals surface area (Å²) in [5.74, 6) is -0.00416. The van der Waals surface area contributed by atoms with Gasteiger partial charge in [-0.2, -0.15) is 0 Å². The van der Waals surface area contributed by atoms with Crippen LogP contribution in [0.3, 0.4) is 0 Å². The standard InChI is InChI=1S/C10H10IN3O/c1-13(2)10(15)7-3-4-14-8(11)6-12-9(14)5-7/h3-6H,1-2H3. The third-order valence-electron chi connectivity index (χ3n) is 2.12. The molecule has 0 N–H and O–H groups in total.